The number of rotatable bonds is 5. The molecule has 0 radical (unpaired) electrons. The fraction of sp³-hybridized carbons (Fsp3) is 0. The Bertz CT molecular complexity index is 2770. The van der Waals surface area contributed by atoms with E-state index in [9.17, 15) is 0 Å². The predicted molar refractivity (Wildman–Crippen MR) is 211 cm³/mol. The summed E-state index contributed by atoms with van der Waals surface area (Å²) in [7, 11) is 0. The molecule has 0 aliphatic heterocycles. The van der Waals surface area contributed by atoms with Gasteiger partial charge in [0.15, 0.2) is 0 Å². The molecule has 7 aromatic carbocycles. The van der Waals surface area contributed by atoms with Crippen LogP contribution in [0.25, 0.3) is 72.3 Å². The van der Waals surface area contributed by atoms with Crippen molar-refractivity contribution in [3.8, 4) is 21.7 Å². The maximum atomic E-state index is 5.23. The number of nitrogens with zero attached hydrogens (tertiary/aromatic N) is 2. The third-order valence-corrected chi connectivity index (χ3v) is 12.5. The smallest absolute Gasteiger partial charge is 0.124 e. The normalized spacial score (nSPS) is 11.8. The Morgan fingerprint density at radius 2 is 0.917 bits per heavy atom. The first-order valence-corrected chi connectivity index (χ1v) is 18.4. The Labute approximate surface area is 289 Å². The summed E-state index contributed by atoms with van der Waals surface area (Å²) < 4.78 is 6.44. The van der Waals surface area contributed by atoms with E-state index in [1.807, 2.05) is 22.7 Å². The van der Waals surface area contributed by atoms with E-state index >= 15 is 0 Å². The number of hydrogen-bond donors (Lipinski definition) is 0. The molecule has 0 saturated heterocycles. The molecule has 0 fully saturated rings. The second-order valence-electron chi connectivity index (χ2n) is 12.0. The number of benzene rings is 7. The quantitative estimate of drug-likeness (QED) is 0.182. The van der Waals surface area contributed by atoms with E-state index < -0.39 is 0 Å². The van der Waals surface area contributed by atoms with Crippen molar-refractivity contribution >= 4 is 102 Å². The van der Waals surface area contributed by atoms with E-state index in [-0.39, 0.29) is 0 Å². The molecule has 0 saturated carbocycles. The molecule has 0 aliphatic rings. The van der Waals surface area contributed by atoms with E-state index in [1.54, 1.807) is 11.3 Å². The summed E-state index contributed by atoms with van der Waals surface area (Å²) in [6.07, 6.45) is 0. The van der Waals surface area contributed by atoms with Gasteiger partial charge in [0.25, 0.3) is 0 Å². The maximum absolute atomic E-state index is 5.23. The van der Waals surface area contributed by atoms with Crippen molar-refractivity contribution in [2.45, 2.75) is 0 Å². The van der Waals surface area contributed by atoms with Gasteiger partial charge in [-0.2, -0.15) is 0 Å². The molecule has 0 spiro atoms. The second-order valence-corrected chi connectivity index (χ2v) is 15.2. The number of fused-ring (bicyclic) bond motifs is 8. The molecule has 3 heterocycles. The van der Waals surface area contributed by atoms with Gasteiger partial charge in [0.2, 0.25) is 0 Å². The molecule has 0 amide bonds. The van der Waals surface area contributed by atoms with Crippen LogP contribution in [0.4, 0.5) is 17.1 Å². The lowest BCUT2D eigenvalue weighted by Gasteiger charge is -2.26. The van der Waals surface area contributed by atoms with Crippen LogP contribution in [0.15, 0.2) is 158 Å². The Morgan fingerprint density at radius 1 is 0.375 bits per heavy atom. The van der Waals surface area contributed by atoms with Gasteiger partial charge in [-0.1, -0.05) is 78.9 Å². The highest BCUT2D eigenvalue weighted by Crippen LogP contribution is 2.43. The van der Waals surface area contributed by atoms with Crippen LogP contribution in [0.2, 0.25) is 0 Å². The van der Waals surface area contributed by atoms with Crippen molar-refractivity contribution in [1.29, 1.82) is 0 Å². The van der Waals surface area contributed by atoms with Crippen LogP contribution in [0.1, 0.15) is 0 Å². The summed E-state index contributed by atoms with van der Waals surface area (Å²) in [4.78, 5) is 7.60. The monoisotopic (exact) mass is 666 g/mol. The molecular formula is C43H26N2S3. The van der Waals surface area contributed by atoms with Crippen LogP contribution >= 0.6 is 34.0 Å². The molecule has 2 nitrogen and oxygen atoms in total. The summed E-state index contributed by atoms with van der Waals surface area (Å²) >= 11 is 5.46. The largest absolute Gasteiger partial charge is 0.310 e. The molecule has 0 atom stereocenters. The average molecular weight is 667 g/mol. The summed E-state index contributed by atoms with van der Waals surface area (Å²) in [5.74, 6) is 0. The van der Waals surface area contributed by atoms with E-state index in [4.69, 9.17) is 4.98 Å². The lowest BCUT2D eigenvalue weighted by molar-refractivity contribution is 1.29. The number of thiazole rings is 1. The molecule has 226 valence electrons. The summed E-state index contributed by atoms with van der Waals surface area (Å²) in [5, 5.41) is 6.20. The number of hydrogen-bond acceptors (Lipinski definition) is 5. The van der Waals surface area contributed by atoms with Crippen LogP contribution in [-0.2, 0) is 0 Å². The highest BCUT2D eigenvalue weighted by Gasteiger charge is 2.17. The molecular weight excluding hydrogens is 641 g/mol. The molecule has 10 aromatic rings. The fourth-order valence-electron chi connectivity index (χ4n) is 6.81. The minimum atomic E-state index is 1.05. The Balaban J connectivity index is 1.08. The van der Waals surface area contributed by atoms with Crippen LogP contribution in [0.3, 0.4) is 0 Å². The van der Waals surface area contributed by atoms with Crippen LogP contribution < -0.4 is 4.90 Å². The van der Waals surface area contributed by atoms with Crippen molar-refractivity contribution in [3.05, 3.63) is 158 Å². The predicted octanol–water partition coefficient (Wildman–Crippen LogP) is 13.8. The summed E-state index contributed by atoms with van der Waals surface area (Å²) in [6, 6.07) is 57.1. The van der Waals surface area contributed by atoms with Crippen molar-refractivity contribution in [2.24, 2.45) is 0 Å². The maximum Gasteiger partial charge on any atom is 0.124 e. The van der Waals surface area contributed by atoms with Crippen molar-refractivity contribution in [2.75, 3.05) is 4.90 Å². The zero-order chi connectivity index (χ0) is 31.6. The van der Waals surface area contributed by atoms with Crippen molar-refractivity contribution in [1.82, 2.24) is 4.98 Å². The van der Waals surface area contributed by atoms with Gasteiger partial charge in [0.1, 0.15) is 5.01 Å². The topological polar surface area (TPSA) is 16.1 Å². The van der Waals surface area contributed by atoms with Crippen LogP contribution in [-0.4, -0.2) is 4.98 Å². The zero-order valence-corrected chi connectivity index (χ0v) is 28.1. The Hall–Kier alpha value is -5.33. The number of anilines is 3. The first-order valence-electron chi connectivity index (χ1n) is 15.9. The van der Waals surface area contributed by atoms with E-state index in [2.05, 4.69) is 163 Å². The van der Waals surface area contributed by atoms with Gasteiger partial charge in [-0.25, -0.2) is 4.98 Å². The first kappa shape index (κ1) is 27.8. The van der Waals surface area contributed by atoms with E-state index in [0.717, 1.165) is 33.1 Å². The molecule has 0 unspecified atom stereocenters. The molecule has 5 heteroatoms. The minimum Gasteiger partial charge on any atom is -0.310 e. The first-order chi connectivity index (χ1) is 23.8. The van der Waals surface area contributed by atoms with Gasteiger partial charge in [0.05, 0.1) is 10.2 Å². The van der Waals surface area contributed by atoms with Crippen LogP contribution in [0, 0.1) is 0 Å². The van der Waals surface area contributed by atoms with Gasteiger partial charge >= 0.3 is 0 Å². The highest BCUT2D eigenvalue weighted by molar-refractivity contribution is 7.26. The molecule has 48 heavy (non-hydrogen) atoms. The average Bonchev–Trinajstić information content (AvgIpc) is 3.86. The SMILES string of the molecule is c1ccc(-c2ccc(N(c3ccc(-c4nc5c(ccc6sc7ccccc7c65)s4)cc3)c3ccc4sc5ccccc5c4c3)cc2)cc1. The molecule has 3 aromatic heterocycles. The minimum absolute atomic E-state index is 1.05. The summed E-state index contributed by atoms with van der Waals surface area (Å²) in [6.45, 7) is 0. The lowest BCUT2D eigenvalue weighted by Crippen LogP contribution is -2.09. The third kappa shape index (κ3) is 4.54. The fourth-order valence-corrected chi connectivity index (χ4v) is 9.99. The zero-order valence-electron chi connectivity index (χ0n) is 25.6. The van der Waals surface area contributed by atoms with Gasteiger partial charge in [0, 0.05) is 63.0 Å². The molecule has 0 N–H and O–H groups in total. The highest BCUT2D eigenvalue weighted by atomic mass is 32.1. The number of thiophene rings is 2. The Kier molecular flexibility index (Phi) is 6.44. The molecule has 10 rings (SSSR count). The van der Waals surface area contributed by atoms with Gasteiger partial charge in [-0.05, 0) is 90.0 Å². The Morgan fingerprint density at radius 3 is 1.69 bits per heavy atom. The van der Waals surface area contributed by atoms with Crippen LogP contribution in [0.5, 0.6) is 0 Å². The standard InChI is InChI=1S/C43H26N2S3/c1-2-8-27(9-3-1)28-14-18-30(19-15-28)45(32-22-23-38-35(26-32)33-10-4-6-12-36(33)46-38)31-20-16-29(17-21-31)43-44-42-40(48-43)25-24-39-41(42)34-11-5-7-13-37(34)47-39/h1-26H. The molecule has 0 aliphatic carbocycles. The van der Waals surface area contributed by atoms with Crippen molar-refractivity contribution < 1.29 is 0 Å². The van der Waals surface area contributed by atoms with Gasteiger partial charge in [-0.15, -0.1) is 34.0 Å². The lowest BCUT2D eigenvalue weighted by atomic mass is 10.0. The number of aromatic nitrogens is 1. The van der Waals surface area contributed by atoms with E-state index in [1.165, 1.54) is 56.2 Å². The van der Waals surface area contributed by atoms with Gasteiger partial charge < -0.3 is 4.90 Å². The van der Waals surface area contributed by atoms with Gasteiger partial charge in [-0.3, -0.25) is 0 Å². The summed E-state index contributed by atoms with van der Waals surface area (Å²) in [5.41, 5.74) is 8.02. The van der Waals surface area contributed by atoms with E-state index in [0.29, 0.717) is 0 Å². The third-order valence-electron chi connectivity index (χ3n) is 9.12. The molecule has 0 bridgehead atoms. The van der Waals surface area contributed by atoms with Crippen molar-refractivity contribution in [3.63, 3.8) is 0 Å². The second kappa shape index (κ2) is 11.1.